The molecule has 0 radical (unpaired) electrons. The molecule has 47 heavy (non-hydrogen) atoms. The molecule has 4 aliphatic rings. The summed E-state index contributed by atoms with van der Waals surface area (Å²) < 4.78 is 12.6. The van der Waals surface area contributed by atoms with Crippen molar-refractivity contribution in [1.82, 2.24) is 28.5 Å². The lowest BCUT2D eigenvalue weighted by Crippen LogP contribution is -2.51. The number of nitrogens with zero attached hydrogens (tertiary/aromatic N) is 6. The van der Waals surface area contributed by atoms with E-state index >= 15 is 0 Å². The molecule has 2 aromatic carbocycles. The predicted octanol–water partition coefficient (Wildman–Crippen LogP) is 4.75. The van der Waals surface area contributed by atoms with Crippen LogP contribution in [-0.2, 0) is 20.1 Å². The molecule has 2 aliphatic carbocycles. The van der Waals surface area contributed by atoms with Gasteiger partial charge in [-0.1, -0.05) is 18.2 Å². The van der Waals surface area contributed by atoms with Crippen LogP contribution in [-0.4, -0.2) is 79.1 Å². The summed E-state index contributed by atoms with van der Waals surface area (Å²) in [5.74, 6) is 2.87. The number of piperidine rings is 1. The average molecular weight is 632 g/mol. The molecule has 5 heterocycles. The first-order chi connectivity index (χ1) is 22.9. The molecular weight excluding hydrogens is 590 g/mol. The second-order valence-electron chi connectivity index (χ2n) is 14.3. The van der Waals surface area contributed by atoms with E-state index in [1.807, 2.05) is 51.9 Å². The number of carbonyl (C=O) groups excluding carboxylic acids is 2. The Morgan fingerprint density at radius 3 is 2.43 bits per heavy atom. The van der Waals surface area contributed by atoms with Crippen LogP contribution < -0.4 is 10.5 Å². The van der Waals surface area contributed by atoms with Gasteiger partial charge >= 0.3 is 0 Å². The van der Waals surface area contributed by atoms with Gasteiger partial charge in [0.25, 0.3) is 11.8 Å². The number of carbonyl (C=O) groups is 2. The maximum absolute atomic E-state index is 13.9. The lowest BCUT2D eigenvalue weighted by atomic mass is 9.99. The van der Waals surface area contributed by atoms with Gasteiger partial charge in [0.15, 0.2) is 5.82 Å². The van der Waals surface area contributed by atoms with Gasteiger partial charge in [0.2, 0.25) is 0 Å². The summed E-state index contributed by atoms with van der Waals surface area (Å²) >= 11 is 0. The molecule has 2 saturated heterocycles. The van der Waals surface area contributed by atoms with Crippen molar-refractivity contribution in [3.8, 4) is 17.3 Å². The van der Waals surface area contributed by atoms with Crippen LogP contribution in [0.5, 0.6) is 5.75 Å². The first-order valence-corrected chi connectivity index (χ1v) is 17.0. The summed E-state index contributed by atoms with van der Waals surface area (Å²) in [4.78, 5) is 36.4. The van der Waals surface area contributed by atoms with E-state index in [0.29, 0.717) is 55.0 Å². The molecule has 3 aromatic heterocycles. The molecule has 2 N–H and O–H groups in total. The van der Waals surface area contributed by atoms with Crippen LogP contribution in [0.25, 0.3) is 33.5 Å². The minimum atomic E-state index is 0.000573. The quantitative estimate of drug-likeness (QED) is 0.266. The topological polar surface area (TPSA) is 104 Å². The van der Waals surface area contributed by atoms with Crippen molar-refractivity contribution in [2.24, 2.45) is 30.5 Å². The molecule has 242 valence electrons. The zero-order chi connectivity index (χ0) is 32.0. The Morgan fingerprint density at radius 2 is 1.72 bits per heavy atom. The number of imidazole rings is 1. The number of fused-ring (bicyclic) bond motifs is 4. The van der Waals surface area contributed by atoms with Gasteiger partial charge in [0.05, 0.1) is 18.3 Å². The van der Waals surface area contributed by atoms with Crippen molar-refractivity contribution < 1.29 is 14.3 Å². The summed E-state index contributed by atoms with van der Waals surface area (Å²) in [5.41, 5.74) is 11.7. The highest BCUT2D eigenvalue weighted by molar-refractivity contribution is 6.00. The summed E-state index contributed by atoms with van der Waals surface area (Å²) in [6.07, 6.45) is 6.46. The first-order valence-electron chi connectivity index (χ1n) is 17.0. The second-order valence-corrected chi connectivity index (χ2v) is 14.3. The van der Waals surface area contributed by atoms with Crippen LogP contribution in [0.1, 0.15) is 46.5 Å². The Hall–Kier alpha value is -4.57. The number of aromatic nitrogens is 4. The van der Waals surface area contributed by atoms with Crippen molar-refractivity contribution in [3.05, 3.63) is 72.1 Å². The summed E-state index contributed by atoms with van der Waals surface area (Å²) in [7, 11) is 3.57. The van der Waals surface area contributed by atoms with Gasteiger partial charge in [0.1, 0.15) is 17.0 Å². The van der Waals surface area contributed by atoms with Gasteiger partial charge in [-0.2, -0.15) is 0 Å². The molecule has 5 aromatic rings. The van der Waals surface area contributed by atoms with E-state index in [1.165, 1.54) is 23.7 Å². The number of likely N-dealkylation sites (tertiary alicyclic amines) is 2. The molecule has 2 saturated carbocycles. The highest BCUT2D eigenvalue weighted by atomic mass is 16.5. The largest absolute Gasteiger partial charge is 0.494 e. The minimum absolute atomic E-state index is 0.000573. The average Bonchev–Trinajstić information content (AvgIpc) is 3.33. The third-order valence-electron chi connectivity index (χ3n) is 11.2. The Labute approximate surface area is 273 Å². The Balaban J connectivity index is 1.13. The third kappa shape index (κ3) is 4.59. The standard InChI is InChI=1S/C37H41N7O3/c1-40-13-5-8-30(40)37(46)41-17-23(18-41)20-44-34-27(14-26(16-32(34)47-2)36(45)43-21-25-11-12-29(43)33(25)38)39-35(44)31-15-24-6-3-4-7-28(24)42(31)19-22-9-10-22/h3-8,13-16,22-23,25,29,33H,9-12,17-21,38H2,1-2H3/t25-,29-,33-/m1/s1. The van der Waals surface area contributed by atoms with Crippen LogP contribution in [0.4, 0.5) is 0 Å². The molecule has 10 heteroatoms. The van der Waals surface area contributed by atoms with Gasteiger partial charge in [-0.3, -0.25) is 9.59 Å². The monoisotopic (exact) mass is 631 g/mol. The number of rotatable bonds is 8. The second kappa shape index (κ2) is 10.7. The molecule has 10 nitrogen and oxygen atoms in total. The smallest absolute Gasteiger partial charge is 0.270 e. The number of methoxy groups -OCH3 is 1. The van der Waals surface area contributed by atoms with Gasteiger partial charge < -0.3 is 34.0 Å². The van der Waals surface area contributed by atoms with E-state index in [1.54, 1.807) is 7.11 Å². The molecule has 2 amide bonds. The Bertz CT molecular complexity index is 2050. The molecule has 0 unspecified atom stereocenters. The van der Waals surface area contributed by atoms with E-state index in [-0.39, 0.29) is 29.8 Å². The zero-order valence-electron chi connectivity index (χ0n) is 27.0. The molecular formula is C37H41N7O3. The van der Waals surface area contributed by atoms with E-state index in [9.17, 15) is 9.59 Å². The lowest BCUT2D eigenvalue weighted by Gasteiger charge is -2.39. The number of hydrogen-bond donors (Lipinski definition) is 1. The van der Waals surface area contributed by atoms with Crippen LogP contribution >= 0.6 is 0 Å². The Morgan fingerprint density at radius 1 is 0.915 bits per heavy atom. The van der Waals surface area contributed by atoms with Crippen LogP contribution in [0.2, 0.25) is 0 Å². The van der Waals surface area contributed by atoms with Gasteiger partial charge in [0, 0.05) is 80.4 Å². The molecule has 9 rings (SSSR count). The van der Waals surface area contributed by atoms with Gasteiger partial charge in [-0.25, -0.2) is 4.98 Å². The SMILES string of the molecule is COc1cc(C(=O)N2C[C@H]3CC[C@@H]2[C@@H]3N)cc2nc(-c3cc4ccccc4n3CC3CC3)n(CC3CN(C(=O)c4cccn4C)C3)c12. The maximum Gasteiger partial charge on any atom is 0.270 e. The fourth-order valence-electron chi connectivity index (χ4n) is 8.44. The number of aryl methyl sites for hydroxylation is 1. The molecule has 2 bridgehead atoms. The number of amides is 2. The number of nitrogens with two attached hydrogens (primary N) is 1. The highest BCUT2D eigenvalue weighted by Gasteiger charge is 2.47. The van der Waals surface area contributed by atoms with Crippen LogP contribution in [0.3, 0.4) is 0 Å². The number of para-hydroxylation sites is 1. The number of benzene rings is 2. The van der Waals surface area contributed by atoms with Crippen molar-refractivity contribution >= 4 is 33.8 Å². The number of hydrogen-bond acceptors (Lipinski definition) is 5. The highest BCUT2D eigenvalue weighted by Crippen LogP contribution is 2.41. The summed E-state index contributed by atoms with van der Waals surface area (Å²) in [5, 5.41) is 1.19. The molecule has 0 spiro atoms. The van der Waals surface area contributed by atoms with Crippen molar-refractivity contribution in [2.45, 2.75) is 50.9 Å². The molecule has 4 fully saturated rings. The van der Waals surface area contributed by atoms with Crippen molar-refractivity contribution in [1.29, 1.82) is 0 Å². The fraction of sp³-hybridized carbons (Fsp3) is 0.432. The fourth-order valence-corrected chi connectivity index (χ4v) is 8.44. The zero-order valence-corrected chi connectivity index (χ0v) is 27.0. The minimum Gasteiger partial charge on any atom is -0.494 e. The van der Waals surface area contributed by atoms with E-state index in [4.69, 9.17) is 15.5 Å². The van der Waals surface area contributed by atoms with Crippen LogP contribution in [0.15, 0.2) is 60.8 Å². The number of ether oxygens (including phenoxy) is 1. The normalized spacial score (nSPS) is 22.5. The lowest BCUT2D eigenvalue weighted by molar-refractivity contribution is 0.0462. The van der Waals surface area contributed by atoms with E-state index < -0.39 is 0 Å². The van der Waals surface area contributed by atoms with Crippen molar-refractivity contribution in [3.63, 3.8) is 0 Å². The maximum atomic E-state index is 13.9. The van der Waals surface area contributed by atoms with Gasteiger partial charge in [-0.05, 0) is 73.9 Å². The van der Waals surface area contributed by atoms with E-state index in [2.05, 4.69) is 39.5 Å². The van der Waals surface area contributed by atoms with Gasteiger partial charge in [-0.15, -0.1) is 0 Å². The third-order valence-corrected chi connectivity index (χ3v) is 11.2. The van der Waals surface area contributed by atoms with Crippen LogP contribution in [0, 0.1) is 17.8 Å². The summed E-state index contributed by atoms with van der Waals surface area (Å²) in [6.45, 7) is 3.69. The Kier molecular flexibility index (Phi) is 6.54. The predicted molar refractivity (Wildman–Crippen MR) is 180 cm³/mol. The molecule has 3 atom stereocenters. The summed E-state index contributed by atoms with van der Waals surface area (Å²) in [6, 6.07) is 18.6. The molecule has 2 aliphatic heterocycles. The van der Waals surface area contributed by atoms with E-state index in [0.717, 1.165) is 41.9 Å². The first kappa shape index (κ1) is 28.6. The van der Waals surface area contributed by atoms with Crippen molar-refractivity contribution in [2.75, 3.05) is 26.7 Å².